The second-order valence-corrected chi connectivity index (χ2v) is 14.6. The maximum atomic E-state index is 13.8. The van der Waals surface area contributed by atoms with Crippen molar-refractivity contribution in [3.05, 3.63) is 70.3 Å². The topological polar surface area (TPSA) is 95.9 Å². The van der Waals surface area contributed by atoms with Crippen molar-refractivity contribution in [3.8, 4) is 5.75 Å². The molecular formula is C31H34ClF3N2O5S. The monoisotopic (exact) mass is 638 g/mol. The van der Waals surface area contributed by atoms with E-state index in [1.807, 2.05) is 12.1 Å². The number of sulfonamides is 1. The third kappa shape index (κ3) is 5.88. The van der Waals surface area contributed by atoms with Crippen molar-refractivity contribution in [1.82, 2.24) is 4.72 Å². The molecule has 2 aliphatic heterocycles. The zero-order valence-corrected chi connectivity index (χ0v) is 25.0. The average Bonchev–Trinajstić information content (AvgIpc) is 3.06. The van der Waals surface area contributed by atoms with Crippen LogP contribution in [0.2, 0.25) is 5.02 Å². The second-order valence-electron chi connectivity index (χ2n) is 12.3. The number of rotatable bonds is 0. The lowest BCUT2D eigenvalue weighted by Gasteiger charge is -2.45. The summed E-state index contributed by atoms with van der Waals surface area (Å²) >= 11 is 6.33. The Hall–Kier alpha value is -2.76. The number of nitrogens with one attached hydrogen (secondary N) is 1. The Labute approximate surface area is 254 Å². The van der Waals surface area contributed by atoms with Crippen LogP contribution in [-0.4, -0.2) is 56.7 Å². The molecule has 0 aromatic heterocycles. The molecule has 1 fully saturated rings. The van der Waals surface area contributed by atoms with Gasteiger partial charge in [0.15, 0.2) is 5.25 Å². The summed E-state index contributed by atoms with van der Waals surface area (Å²) in [5, 5.41) is 8.84. The molecule has 2 aromatic rings. The van der Waals surface area contributed by atoms with E-state index in [0.29, 0.717) is 36.2 Å². The van der Waals surface area contributed by atoms with Gasteiger partial charge in [-0.3, -0.25) is 4.79 Å². The Morgan fingerprint density at radius 3 is 2.63 bits per heavy atom. The SMILES string of the molecule is O=C1NS(=O)(=O)[C@@H](C(F)(F)F)C/C=C/C[C@H](O)[C@@H]2CC[C@H]2CN2C[C@@]3(CCCc4cc(Cl)ccc43)COc3ccc1cc32. The highest BCUT2D eigenvalue weighted by molar-refractivity contribution is 7.90. The standard InChI is InChI=1S/C31H34ClF3N2O5S/c32-22-9-11-24-19(14-22)4-3-13-30(24)17-37-16-21-7-10-23(21)26(38)5-1-2-6-28(31(33,34)35)43(40,41)36-29(39)20-8-12-27(42-18-30)25(37)15-20/h1-2,8-9,11-12,14-15,21,23,26,28,38H,3-7,10,13,16-18H2,(H,36,39)/b2-1+/t21-,23+,26-,28+,30-/m0/s1. The lowest BCUT2D eigenvalue weighted by atomic mass is 9.68. The van der Waals surface area contributed by atoms with Crippen LogP contribution in [-0.2, 0) is 21.9 Å². The number of aliphatic hydroxyl groups is 1. The third-order valence-electron chi connectivity index (χ3n) is 9.59. The fraction of sp³-hybridized carbons (Fsp3) is 0.516. The molecule has 1 spiro atoms. The summed E-state index contributed by atoms with van der Waals surface area (Å²) in [6, 6.07) is 10.4. The minimum Gasteiger partial charge on any atom is -0.490 e. The summed E-state index contributed by atoms with van der Waals surface area (Å²) in [5.41, 5.74) is 2.42. The number of anilines is 1. The molecule has 6 rings (SSSR count). The van der Waals surface area contributed by atoms with E-state index in [4.69, 9.17) is 16.3 Å². The van der Waals surface area contributed by atoms with Gasteiger partial charge in [-0.25, -0.2) is 13.1 Å². The summed E-state index contributed by atoms with van der Waals surface area (Å²) in [7, 11) is -5.12. The summed E-state index contributed by atoms with van der Waals surface area (Å²) in [6.07, 6.45) is 0.248. The number of alkyl halides is 3. The van der Waals surface area contributed by atoms with Crippen molar-refractivity contribution in [2.45, 2.75) is 67.9 Å². The van der Waals surface area contributed by atoms with Crippen molar-refractivity contribution < 1.29 is 36.2 Å². The van der Waals surface area contributed by atoms with Gasteiger partial charge in [0, 0.05) is 29.1 Å². The normalized spacial score (nSPS) is 31.5. The van der Waals surface area contributed by atoms with Crippen molar-refractivity contribution in [3.63, 3.8) is 0 Å². The summed E-state index contributed by atoms with van der Waals surface area (Å²) in [4.78, 5) is 15.3. The lowest BCUT2D eigenvalue weighted by molar-refractivity contribution is -0.129. The number of aryl methyl sites for hydroxylation is 1. The first-order valence-electron chi connectivity index (χ1n) is 14.6. The highest BCUT2D eigenvalue weighted by Crippen LogP contribution is 2.47. The van der Waals surface area contributed by atoms with Crippen LogP contribution in [0.5, 0.6) is 5.75 Å². The first-order valence-corrected chi connectivity index (χ1v) is 16.6. The number of ether oxygens (including phenoxy) is 1. The van der Waals surface area contributed by atoms with E-state index < -0.39 is 39.9 Å². The minimum absolute atomic E-state index is 0.0628. The number of hydrogen-bond acceptors (Lipinski definition) is 6. The Kier molecular flexibility index (Phi) is 7.96. The predicted molar refractivity (Wildman–Crippen MR) is 157 cm³/mol. The molecule has 4 aliphatic rings. The summed E-state index contributed by atoms with van der Waals surface area (Å²) < 4.78 is 75.2. The van der Waals surface area contributed by atoms with E-state index in [1.54, 1.807) is 10.8 Å². The van der Waals surface area contributed by atoms with Crippen molar-refractivity contribution in [2.75, 3.05) is 24.6 Å². The van der Waals surface area contributed by atoms with Gasteiger partial charge in [0.1, 0.15) is 5.75 Å². The Morgan fingerprint density at radius 2 is 1.88 bits per heavy atom. The number of hydrogen-bond donors (Lipinski definition) is 2. The molecule has 43 heavy (non-hydrogen) atoms. The van der Waals surface area contributed by atoms with Gasteiger partial charge >= 0.3 is 6.18 Å². The van der Waals surface area contributed by atoms with Gasteiger partial charge in [-0.2, -0.15) is 13.2 Å². The fourth-order valence-electron chi connectivity index (χ4n) is 7.19. The van der Waals surface area contributed by atoms with E-state index in [2.05, 4.69) is 11.0 Å². The van der Waals surface area contributed by atoms with Crippen LogP contribution >= 0.6 is 11.6 Å². The molecule has 5 atom stereocenters. The van der Waals surface area contributed by atoms with E-state index >= 15 is 0 Å². The van der Waals surface area contributed by atoms with Crippen LogP contribution in [0.3, 0.4) is 0 Å². The van der Waals surface area contributed by atoms with Crippen molar-refractivity contribution in [2.24, 2.45) is 11.8 Å². The molecule has 232 valence electrons. The minimum atomic E-state index is -5.12. The Morgan fingerprint density at radius 1 is 1.09 bits per heavy atom. The molecule has 7 nitrogen and oxygen atoms in total. The molecule has 2 bridgehead atoms. The average molecular weight is 639 g/mol. The van der Waals surface area contributed by atoms with Crippen LogP contribution in [0.4, 0.5) is 18.9 Å². The predicted octanol–water partition coefficient (Wildman–Crippen LogP) is 5.54. The van der Waals surface area contributed by atoms with Crippen molar-refractivity contribution in [1.29, 1.82) is 0 Å². The van der Waals surface area contributed by atoms with Gasteiger partial charge in [0.2, 0.25) is 10.0 Å². The molecule has 12 heteroatoms. The zero-order valence-electron chi connectivity index (χ0n) is 23.4. The summed E-state index contributed by atoms with van der Waals surface area (Å²) in [6.45, 7) is 1.50. The number of fused-ring (bicyclic) bond motifs is 4. The molecule has 2 aliphatic carbocycles. The van der Waals surface area contributed by atoms with E-state index in [-0.39, 0.29) is 29.2 Å². The Bertz CT molecular complexity index is 1550. The van der Waals surface area contributed by atoms with Gasteiger partial charge in [-0.15, -0.1) is 0 Å². The van der Waals surface area contributed by atoms with E-state index in [0.717, 1.165) is 49.3 Å². The number of carbonyl (C=O) groups is 1. The lowest BCUT2D eigenvalue weighted by Crippen LogP contribution is -2.49. The molecule has 2 N–H and O–H groups in total. The molecule has 2 heterocycles. The molecule has 0 radical (unpaired) electrons. The fourth-order valence-corrected chi connectivity index (χ4v) is 8.62. The van der Waals surface area contributed by atoms with Crippen LogP contribution in [0.15, 0.2) is 48.6 Å². The van der Waals surface area contributed by atoms with Gasteiger partial charge in [-0.05, 0) is 98.2 Å². The number of aliphatic hydroxyl groups excluding tert-OH is 1. The van der Waals surface area contributed by atoms with E-state index in [1.165, 1.54) is 18.2 Å². The molecule has 1 amide bonds. The van der Waals surface area contributed by atoms with Crippen LogP contribution < -0.4 is 14.4 Å². The van der Waals surface area contributed by atoms with E-state index in [9.17, 15) is 31.5 Å². The van der Waals surface area contributed by atoms with Gasteiger partial charge in [-0.1, -0.05) is 29.8 Å². The molecule has 0 saturated heterocycles. The number of allylic oxidation sites excluding steroid dienone is 1. The highest BCUT2D eigenvalue weighted by Gasteiger charge is 2.49. The van der Waals surface area contributed by atoms with Gasteiger partial charge in [0.25, 0.3) is 5.91 Å². The zero-order chi connectivity index (χ0) is 30.6. The maximum absolute atomic E-state index is 13.8. The van der Waals surface area contributed by atoms with Gasteiger partial charge in [0.05, 0.1) is 18.4 Å². The smallest absolute Gasteiger partial charge is 0.407 e. The number of carbonyl (C=O) groups excluding carboxylic acids is 1. The highest BCUT2D eigenvalue weighted by atomic mass is 35.5. The van der Waals surface area contributed by atoms with Crippen molar-refractivity contribution >= 4 is 33.2 Å². The first kappa shape index (κ1) is 30.3. The number of benzene rings is 2. The molecule has 1 saturated carbocycles. The quantitative estimate of drug-likeness (QED) is 0.368. The molecule has 0 unspecified atom stereocenters. The molecule has 2 aromatic carbocycles. The molecular weight excluding hydrogens is 605 g/mol. The third-order valence-corrected chi connectivity index (χ3v) is 11.5. The van der Waals surface area contributed by atoms with Crippen LogP contribution in [0.1, 0.15) is 60.0 Å². The Balaban J connectivity index is 1.42. The number of nitrogens with zero attached hydrogens (tertiary/aromatic N) is 1. The first-order chi connectivity index (χ1) is 20.4. The number of amides is 1. The van der Waals surface area contributed by atoms with Gasteiger partial charge < -0.3 is 14.7 Å². The maximum Gasteiger partial charge on any atom is 0.407 e. The summed E-state index contributed by atoms with van der Waals surface area (Å²) in [5.74, 6) is -0.576. The van der Waals surface area contributed by atoms with Crippen LogP contribution in [0.25, 0.3) is 0 Å². The van der Waals surface area contributed by atoms with Crippen LogP contribution in [0, 0.1) is 11.8 Å². The largest absolute Gasteiger partial charge is 0.490 e. The number of halogens is 4. The second kappa shape index (κ2) is 11.3.